The molecule has 0 aliphatic carbocycles. The first kappa shape index (κ1) is 15.8. The first-order valence-corrected chi connectivity index (χ1v) is 8.20. The Morgan fingerprint density at radius 1 is 1.05 bits per heavy atom. The van der Waals surface area contributed by atoms with Crippen molar-refractivity contribution in [3.63, 3.8) is 0 Å². The third-order valence-corrected chi connectivity index (χ3v) is 3.45. The molecule has 0 atom stereocenters. The largest absolute Gasteiger partial charge is 0.385 e. The van der Waals surface area contributed by atoms with Crippen molar-refractivity contribution in [2.24, 2.45) is 0 Å². The third-order valence-electron chi connectivity index (χ3n) is 2.75. The van der Waals surface area contributed by atoms with Crippen LogP contribution in [0.4, 0.5) is 11.6 Å². The molecule has 21 heavy (non-hydrogen) atoms. The third kappa shape index (κ3) is 4.71. The molecule has 0 spiro atoms. The highest BCUT2D eigenvalue weighted by Gasteiger charge is 2.11. The maximum absolute atomic E-state index is 5.03. The van der Waals surface area contributed by atoms with Crippen LogP contribution >= 0.6 is 11.8 Å². The first-order chi connectivity index (χ1) is 10.3. The number of methoxy groups -OCH3 is 1. The molecule has 2 heterocycles. The highest BCUT2D eigenvalue weighted by atomic mass is 32.2. The van der Waals surface area contributed by atoms with Crippen molar-refractivity contribution in [3.8, 4) is 0 Å². The van der Waals surface area contributed by atoms with Crippen LogP contribution in [0.25, 0.3) is 11.3 Å². The lowest BCUT2D eigenvalue weighted by molar-refractivity contribution is 0.198. The molecule has 0 fully saturated rings. The van der Waals surface area contributed by atoms with Crippen LogP contribution in [0.15, 0.2) is 4.63 Å². The number of thioether (sulfide) groups is 1. The highest BCUT2D eigenvalue weighted by molar-refractivity contribution is 7.98. The van der Waals surface area contributed by atoms with E-state index in [0.717, 1.165) is 31.7 Å². The van der Waals surface area contributed by atoms with E-state index in [-0.39, 0.29) is 0 Å². The predicted molar refractivity (Wildman–Crippen MR) is 83.9 cm³/mol. The number of ether oxygens (including phenoxy) is 1. The van der Waals surface area contributed by atoms with E-state index in [0.29, 0.717) is 29.5 Å². The first-order valence-electron chi connectivity index (χ1n) is 6.81. The Hall–Kier alpha value is -1.61. The van der Waals surface area contributed by atoms with Gasteiger partial charge in [-0.2, -0.15) is 11.8 Å². The van der Waals surface area contributed by atoms with Crippen LogP contribution in [0.1, 0.15) is 12.8 Å². The Morgan fingerprint density at radius 2 is 1.67 bits per heavy atom. The minimum atomic E-state index is 0.402. The molecule has 0 bridgehead atoms. The molecule has 0 saturated carbocycles. The highest BCUT2D eigenvalue weighted by Crippen LogP contribution is 2.19. The molecule has 0 aliphatic rings. The number of hydrogen-bond acceptors (Lipinski definition) is 9. The molecule has 9 heteroatoms. The summed E-state index contributed by atoms with van der Waals surface area (Å²) in [5.74, 6) is 2.44. The lowest BCUT2D eigenvalue weighted by Gasteiger charge is -2.11. The quantitative estimate of drug-likeness (QED) is 0.634. The molecule has 2 aromatic rings. The summed E-state index contributed by atoms with van der Waals surface area (Å²) in [5.41, 5.74) is 0.809. The number of nitrogens with zero attached hydrogens (tertiary/aromatic N) is 4. The molecule has 8 nitrogen and oxygen atoms in total. The van der Waals surface area contributed by atoms with Crippen molar-refractivity contribution in [3.05, 3.63) is 0 Å². The summed E-state index contributed by atoms with van der Waals surface area (Å²) in [6, 6.07) is 0. The number of anilines is 2. The predicted octanol–water partition coefficient (Wildman–Crippen LogP) is 1.63. The number of fused-ring (bicyclic) bond motifs is 1. The zero-order chi connectivity index (χ0) is 14.9. The second kappa shape index (κ2) is 8.63. The van der Waals surface area contributed by atoms with E-state index in [1.54, 1.807) is 7.11 Å². The van der Waals surface area contributed by atoms with Crippen LogP contribution in [0.3, 0.4) is 0 Å². The Balaban J connectivity index is 2.03. The smallest absolute Gasteiger partial charge is 0.245 e. The Kier molecular flexibility index (Phi) is 6.48. The minimum absolute atomic E-state index is 0.402. The van der Waals surface area contributed by atoms with E-state index < -0.39 is 0 Å². The van der Waals surface area contributed by atoms with Crippen molar-refractivity contribution >= 4 is 34.7 Å². The minimum Gasteiger partial charge on any atom is -0.385 e. The van der Waals surface area contributed by atoms with Crippen molar-refractivity contribution in [1.29, 1.82) is 0 Å². The van der Waals surface area contributed by atoms with Crippen molar-refractivity contribution < 1.29 is 9.37 Å². The van der Waals surface area contributed by atoms with E-state index in [9.17, 15) is 0 Å². The zero-order valence-corrected chi connectivity index (χ0v) is 13.1. The van der Waals surface area contributed by atoms with Gasteiger partial charge < -0.3 is 15.4 Å². The normalized spacial score (nSPS) is 11.0. The number of nitrogens with one attached hydrogen (secondary N) is 2. The Bertz CT molecular complexity index is 504. The summed E-state index contributed by atoms with van der Waals surface area (Å²) in [6.45, 7) is 2.28. The molecule has 2 aromatic heterocycles. The molecule has 0 aromatic carbocycles. The maximum atomic E-state index is 5.03. The standard InChI is InChI=1S/C12H20N6O2S/c1-19-7-3-5-13-9-10(14-6-4-8-21-2)16-12-11(15-9)17-20-18-12/h3-8H2,1-2H3,(H,13,15,17)(H,14,16,18). The van der Waals surface area contributed by atoms with E-state index >= 15 is 0 Å². The fourth-order valence-electron chi connectivity index (χ4n) is 1.73. The summed E-state index contributed by atoms with van der Waals surface area (Å²) in [4.78, 5) is 8.77. The second-order valence-electron chi connectivity index (χ2n) is 4.38. The summed E-state index contributed by atoms with van der Waals surface area (Å²) in [7, 11) is 1.69. The second-order valence-corrected chi connectivity index (χ2v) is 5.36. The van der Waals surface area contributed by atoms with Crippen LogP contribution in [0.5, 0.6) is 0 Å². The number of aromatic nitrogens is 4. The van der Waals surface area contributed by atoms with E-state index in [1.807, 2.05) is 11.8 Å². The molecule has 116 valence electrons. The fourth-order valence-corrected chi connectivity index (χ4v) is 2.16. The van der Waals surface area contributed by atoms with Crippen LogP contribution in [0.2, 0.25) is 0 Å². The average molecular weight is 312 g/mol. The van der Waals surface area contributed by atoms with Gasteiger partial charge in [-0.3, -0.25) is 0 Å². The van der Waals surface area contributed by atoms with E-state index in [4.69, 9.17) is 4.74 Å². The molecule has 0 saturated heterocycles. The van der Waals surface area contributed by atoms with Crippen molar-refractivity contribution in [1.82, 2.24) is 20.3 Å². The van der Waals surface area contributed by atoms with Gasteiger partial charge in [0.1, 0.15) is 0 Å². The lowest BCUT2D eigenvalue weighted by atomic mass is 10.4. The summed E-state index contributed by atoms with van der Waals surface area (Å²) < 4.78 is 9.69. The molecular formula is C12H20N6O2S. The van der Waals surface area contributed by atoms with Gasteiger partial charge in [-0.25, -0.2) is 14.6 Å². The average Bonchev–Trinajstić information content (AvgIpc) is 2.95. The van der Waals surface area contributed by atoms with Gasteiger partial charge in [0.15, 0.2) is 11.6 Å². The van der Waals surface area contributed by atoms with Crippen LogP contribution in [0, 0.1) is 0 Å². The van der Waals surface area contributed by atoms with Gasteiger partial charge in [-0.1, -0.05) is 0 Å². The zero-order valence-electron chi connectivity index (χ0n) is 12.3. The van der Waals surface area contributed by atoms with Gasteiger partial charge in [0.05, 0.1) is 0 Å². The Morgan fingerprint density at radius 3 is 2.24 bits per heavy atom. The summed E-state index contributed by atoms with van der Waals surface area (Å²) in [5, 5.41) is 14.0. The number of rotatable bonds is 10. The maximum Gasteiger partial charge on any atom is 0.245 e. The van der Waals surface area contributed by atoms with Gasteiger partial charge in [0.2, 0.25) is 11.3 Å². The fraction of sp³-hybridized carbons (Fsp3) is 0.667. The van der Waals surface area contributed by atoms with Crippen LogP contribution in [-0.2, 0) is 4.74 Å². The molecule has 2 rings (SSSR count). The van der Waals surface area contributed by atoms with E-state index in [1.165, 1.54) is 0 Å². The van der Waals surface area contributed by atoms with Gasteiger partial charge in [-0.05, 0) is 35.2 Å². The molecule has 0 amide bonds. The number of hydrogen-bond donors (Lipinski definition) is 2. The van der Waals surface area contributed by atoms with Crippen molar-refractivity contribution in [2.45, 2.75) is 12.8 Å². The topological polar surface area (TPSA) is 98.0 Å². The van der Waals surface area contributed by atoms with Crippen LogP contribution < -0.4 is 10.6 Å². The molecule has 0 radical (unpaired) electrons. The van der Waals surface area contributed by atoms with Gasteiger partial charge in [0.25, 0.3) is 0 Å². The lowest BCUT2D eigenvalue weighted by Crippen LogP contribution is -2.12. The van der Waals surface area contributed by atoms with Gasteiger partial charge in [-0.15, -0.1) is 0 Å². The summed E-state index contributed by atoms with van der Waals surface area (Å²) >= 11 is 1.82. The SMILES string of the molecule is COCCCNc1nc2nonc2nc1NCCCSC. The van der Waals surface area contributed by atoms with E-state index in [2.05, 4.69) is 41.8 Å². The molecule has 2 N–H and O–H groups in total. The van der Waals surface area contributed by atoms with Crippen LogP contribution in [-0.4, -0.2) is 59.1 Å². The Labute approximate surface area is 127 Å². The van der Waals surface area contributed by atoms with Gasteiger partial charge in [0, 0.05) is 26.8 Å². The molecule has 0 aliphatic heterocycles. The molecule has 0 unspecified atom stereocenters. The van der Waals surface area contributed by atoms with Crippen molar-refractivity contribution in [2.75, 3.05) is 49.4 Å². The monoisotopic (exact) mass is 312 g/mol. The van der Waals surface area contributed by atoms with Gasteiger partial charge >= 0.3 is 0 Å². The summed E-state index contributed by atoms with van der Waals surface area (Å²) in [6.07, 6.45) is 4.04. The molecular weight excluding hydrogens is 292 g/mol.